The lowest BCUT2D eigenvalue weighted by molar-refractivity contribution is 0.0696. The maximum atomic E-state index is 12.7. The van der Waals surface area contributed by atoms with Gasteiger partial charge < -0.3 is 10.4 Å². The van der Waals surface area contributed by atoms with E-state index in [1.807, 2.05) is 0 Å². The van der Waals surface area contributed by atoms with Gasteiger partial charge in [-0.3, -0.25) is 4.79 Å². The summed E-state index contributed by atoms with van der Waals surface area (Å²) < 4.78 is 12.7. The van der Waals surface area contributed by atoms with Gasteiger partial charge in [0.15, 0.2) is 0 Å². The molecule has 0 bridgehead atoms. The van der Waals surface area contributed by atoms with E-state index >= 15 is 0 Å². The molecule has 19 heavy (non-hydrogen) atoms. The SMILES string of the molecule is O=C(O)c1cccc(NC(=O)c2ccc(F)cn2)c1. The molecule has 1 aromatic carbocycles. The summed E-state index contributed by atoms with van der Waals surface area (Å²) in [5, 5.41) is 11.3. The van der Waals surface area contributed by atoms with Crippen molar-refractivity contribution in [3.63, 3.8) is 0 Å². The molecule has 0 aliphatic carbocycles. The van der Waals surface area contributed by atoms with Crippen molar-refractivity contribution in [3.8, 4) is 0 Å². The molecule has 1 aromatic heterocycles. The predicted molar refractivity (Wildman–Crippen MR) is 65.5 cm³/mol. The number of aromatic carboxylic acids is 1. The fourth-order valence-corrected chi connectivity index (χ4v) is 1.44. The first-order valence-corrected chi connectivity index (χ1v) is 5.32. The van der Waals surface area contributed by atoms with Crippen LogP contribution in [0.4, 0.5) is 10.1 Å². The highest BCUT2D eigenvalue weighted by molar-refractivity contribution is 6.03. The average Bonchev–Trinajstić information content (AvgIpc) is 2.39. The van der Waals surface area contributed by atoms with E-state index in [0.29, 0.717) is 5.69 Å². The summed E-state index contributed by atoms with van der Waals surface area (Å²) in [4.78, 5) is 26.2. The molecule has 5 nitrogen and oxygen atoms in total. The van der Waals surface area contributed by atoms with Gasteiger partial charge in [-0.15, -0.1) is 0 Å². The highest BCUT2D eigenvalue weighted by Crippen LogP contribution is 2.12. The Hall–Kier alpha value is -2.76. The van der Waals surface area contributed by atoms with Crippen LogP contribution in [0.1, 0.15) is 20.8 Å². The van der Waals surface area contributed by atoms with E-state index in [1.54, 1.807) is 6.07 Å². The minimum atomic E-state index is -1.09. The Labute approximate surface area is 107 Å². The van der Waals surface area contributed by atoms with Crippen LogP contribution in [0.3, 0.4) is 0 Å². The first-order valence-electron chi connectivity index (χ1n) is 5.32. The molecule has 0 fully saturated rings. The Bertz CT molecular complexity index is 626. The number of anilines is 1. The Morgan fingerprint density at radius 3 is 2.63 bits per heavy atom. The van der Waals surface area contributed by atoms with Gasteiger partial charge in [0, 0.05) is 5.69 Å². The Morgan fingerprint density at radius 1 is 1.21 bits per heavy atom. The number of carbonyl (C=O) groups is 2. The van der Waals surface area contributed by atoms with Crippen molar-refractivity contribution in [2.45, 2.75) is 0 Å². The second-order valence-electron chi connectivity index (χ2n) is 3.70. The lowest BCUT2D eigenvalue weighted by Crippen LogP contribution is -2.14. The predicted octanol–water partition coefficient (Wildman–Crippen LogP) is 2.17. The van der Waals surface area contributed by atoms with Gasteiger partial charge in [0.2, 0.25) is 0 Å². The third-order valence-electron chi connectivity index (χ3n) is 2.33. The second kappa shape index (κ2) is 5.26. The van der Waals surface area contributed by atoms with Gasteiger partial charge in [-0.05, 0) is 30.3 Å². The number of rotatable bonds is 3. The van der Waals surface area contributed by atoms with Crippen LogP contribution in [0.5, 0.6) is 0 Å². The zero-order valence-corrected chi connectivity index (χ0v) is 9.63. The minimum Gasteiger partial charge on any atom is -0.478 e. The molecule has 0 atom stereocenters. The quantitative estimate of drug-likeness (QED) is 0.886. The van der Waals surface area contributed by atoms with Crippen molar-refractivity contribution in [2.24, 2.45) is 0 Å². The molecule has 0 aliphatic heterocycles. The van der Waals surface area contributed by atoms with Crippen molar-refractivity contribution >= 4 is 17.6 Å². The monoisotopic (exact) mass is 260 g/mol. The highest BCUT2D eigenvalue weighted by Gasteiger charge is 2.09. The Kier molecular flexibility index (Phi) is 3.51. The molecule has 1 heterocycles. The van der Waals surface area contributed by atoms with Gasteiger partial charge in [0.05, 0.1) is 11.8 Å². The van der Waals surface area contributed by atoms with Crippen LogP contribution in [-0.4, -0.2) is 22.0 Å². The van der Waals surface area contributed by atoms with Crippen LogP contribution in [0.15, 0.2) is 42.6 Å². The van der Waals surface area contributed by atoms with Gasteiger partial charge in [0.1, 0.15) is 11.5 Å². The number of carbonyl (C=O) groups excluding carboxylic acids is 1. The molecule has 2 aromatic rings. The summed E-state index contributed by atoms with van der Waals surface area (Å²) in [6.07, 6.45) is 0.933. The van der Waals surface area contributed by atoms with E-state index < -0.39 is 17.7 Å². The lowest BCUT2D eigenvalue weighted by atomic mass is 10.2. The molecule has 1 amide bonds. The molecule has 0 aliphatic rings. The fourth-order valence-electron chi connectivity index (χ4n) is 1.44. The van der Waals surface area contributed by atoms with E-state index in [2.05, 4.69) is 10.3 Å². The van der Waals surface area contributed by atoms with Crippen LogP contribution in [0.2, 0.25) is 0 Å². The summed E-state index contributed by atoms with van der Waals surface area (Å²) in [5.74, 6) is -2.16. The average molecular weight is 260 g/mol. The number of benzene rings is 1. The molecular weight excluding hydrogens is 251 g/mol. The zero-order valence-electron chi connectivity index (χ0n) is 9.63. The minimum absolute atomic E-state index is 0.0436. The van der Waals surface area contributed by atoms with Gasteiger partial charge >= 0.3 is 5.97 Å². The molecule has 0 saturated heterocycles. The molecule has 96 valence electrons. The third-order valence-corrected chi connectivity index (χ3v) is 2.33. The van der Waals surface area contributed by atoms with E-state index in [9.17, 15) is 14.0 Å². The summed E-state index contributed by atoms with van der Waals surface area (Å²) >= 11 is 0. The number of amides is 1. The smallest absolute Gasteiger partial charge is 0.335 e. The van der Waals surface area contributed by atoms with Crippen LogP contribution in [0, 0.1) is 5.82 Å². The summed E-state index contributed by atoms with van der Waals surface area (Å²) in [6, 6.07) is 8.16. The Balaban J connectivity index is 2.17. The molecule has 2 rings (SSSR count). The van der Waals surface area contributed by atoms with Crippen molar-refractivity contribution in [3.05, 3.63) is 59.7 Å². The largest absolute Gasteiger partial charge is 0.478 e. The molecule has 0 radical (unpaired) electrons. The van der Waals surface area contributed by atoms with Gasteiger partial charge in [-0.2, -0.15) is 0 Å². The molecule has 0 saturated carbocycles. The van der Waals surface area contributed by atoms with Crippen LogP contribution in [0.25, 0.3) is 0 Å². The van der Waals surface area contributed by atoms with Crippen LogP contribution < -0.4 is 5.32 Å². The number of nitrogens with one attached hydrogen (secondary N) is 1. The first kappa shape index (κ1) is 12.7. The lowest BCUT2D eigenvalue weighted by Gasteiger charge is -2.05. The molecule has 6 heteroatoms. The second-order valence-corrected chi connectivity index (χ2v) is 3.70. The van der Waals surface area contributed by atoms with Gasteiger partial charge in [-0.25, -0.2) is 14.2 Å². The number of aromatic nitrogens is 1. The summed E-state index contributed by atoms with van der Waals surface area (Å²) in [7, 11) is 0. The standard InChI is InChI=1S/C13H9FN2O3/c14-9-4-5-11(15-7-9)12(17)16-10-3-1-2-8(6-10)13(18)19/h1-7H,(H,16,17)(H,18,19). The normalized spacial score (nSPS) is 9.95. The summed E-state index contributed by atoms with van der Waals surface area (Å²) in [5.41, 5.74) is 0.433. The maximum Gasteiger partial charge on any atom is 0.335 e. The number of pyridine rings is 1. The maximum absolute atomic E-state index is 12.7. The van der Waals surface area contributed by atoms with Crippen molar-refractivity contribution in [2.75, 3.05) is 5.32 Å². The first-order chi connectivity index (χ1) is 9.06. The van der Waals surface area contributed by atoms with Crippen molar-refractivity contribution in [1.82, 2.24) is 4.98 Å². The van der Waals surface area contributed by atoms with E-state index in [4.69, 9.17) is 5.11 Å². The molecular formula is C13H9FN2O3. The number of hydrogen-bond acceptors (Lipinski definition) is 3. The van der Waals surface area contributed by atoms with E-state index in [0.717, 1.165) is 12.3 Å². The summed E-state index contributed by atoms with van der Waals surface area (Å²) in [6.45, 7) is 0. The highest BCUT2D eigenvalue weighted by atomic mass is 19.1. The fraction of sp³-hybridized carbons (Fsp3) is 0. The van der Waals surface area contributed by atoms with Gasteiger partial charge in [0.25, 0.3) is 5.91 Å². The van der Waals surface area contributed by atoms with Crippen LogP contribution >= 0.6 is 0 Å². The number of halogens is 1. The van der Waals surface area contributed by atoms with E-state index in [-0.39, 0.29) is 11.3 Å². The number of nitrogens with zero attached hydrogens (tertiary/aromatic N) is 1. The van der Waals surface area contributed by atoms with Crippen molar-refractivity contribution in [1.29, 1.82) is 0 Å². The van der Waals surface area contributed by atoms with Gasteiger partial charge in [-0.1, -0.05) is 6.07 Å². The number of carboxylic acid groups (broad SMARTS) is 1. The topological polar surface area (TPSA) is 79.3 Å². The third kappa shape index (κ3) is 3.12. The van der Waals surface area contributed by atoms with Crippen LogP contribution in [-0.2, 0) is 0 Å². The van der Waals surface area contributed by atoms with E-state index in [1.165, 1.54) is 24.3 Å². The number of hydrogen-bond donors (Lipinski definition) is 2. The Morgan fingerprint density at radius 2 is 2.00 bits per heavy atom. The van der Waals surface area contributed by atoms with Crippen molar-refractivity contribution < 1.29 is 19.1 Å². The molecule has 0 unspecified atom stereocenters. The number of carboxylic acids is 1. The molecule has 0 spiro atoms. The zero-order chi connectivity index (χ0) is 13.8. The molecule has 2 N–H and O–H groups in total.